The fraction of sp³-hybridized carbons (Fsp3) is 0.545. The molecule has 3 aromatic rings. The van der Waals surface area contributed by atoms with Gasteiger partial charge in [0.1, 0.15) is 16.4 Å². The number of imidazole rings is 1. The maximum absolute atomic E-state index is 14.0. The zero-order chi connectivity index (χ0) is 32.6. The van der Waals surface area contributed by atoms with Crippen LogP contribution in [0.2, 0.25) is 0 Å². The summed E-state index contributed by atoms with van der Waals surface area (Å²) < 4.78 is 6.14. The first-order chi connectivity index (χ1) is 22.4. The fourth-order valence-electron chi connectivity index (χ4n) is 5.58. The van der Waals surface area contributed by atoms with Gasteiger partial charge in [0.05, 0.1) is 25.1 Å². The minimum absolute atomic E-state index is 0.149. The van der Waals surface area contributed by atoms with Crippen molar-refractivity contribution in [3.8, 4) is 0 Å². The van der Waals surface area contributed by atoms with Gasteiger partial charge in [0.25, 0.3) is 0 Å². The van der Waals surface area contributed by atoms with Crippen LogP contribution in [0.1, 0.15) is 69.5 Å². The van der Waals surface area contributed by atoms with E-state index in [0.29, 0.717) is 30.2 Å². The number of H-pyrrole nitrogens is 1. The highest BCUT2D eigenvalue weighted by Gasteiger charge is 2.32. The lowest BCUT2D eigenvalue weighted by Crippen LogP contribution is -2.57. The number of aromatic nitrogens is 3. The molecule has 1 fully saturated rings. The average molecular weight is 671 g/mol. The molecule has 46 heavy (non-hydrogen) atoms. The molecule has 1 aromatic carbocycles. The van der Waals surface area contributed by atoms with E-state index < -0.39 is 42.1 Å². The second kappa shape index (κ2) is 19.3. The van der Waals surface area contributed by atoms with Crippen LogP contribution in [-0.4, -0.2) is 74.6 Å². The lowest BCUT2D eigenvalue weighted by atomic mass is 9.83. The molecule has 0 spiro atoms. The summed E-state index contributed by atoms with van der Waals surface area (Å²) in [7, 11) is 0. The molecule has 11 nitrogen and oxygen atoms in total. The van der Waals surface area contributed by atoms with Crippen LogP contribution in [0.3, 0.4) is 0 Å². The molecular weight excluding hydrogens is 625 g/mol. The van der Waals surface area contributed by atoms with Gasteiger partial charge in [-0.1, -0.05) is 87.5 Å². The summed E-state index contributed by atoms with van der Waals surface area (Å²) in [6.45, 7) is 2.24. The molecule has 4 atom stereocenters. The van der Waals surface area contributed by atoms with Crippen LogP contribution in [0.5, 0.6) is 0 Å². The van der Waals surface area contributed by atoms with E-state index >= 15 is 0 Å². The molecule has 4 rings (SSSR count). The summed E-state index contributed by atoms with van der Waals surface area (Å²) >= 11 is 2.97. The van der Waals surface area contributed by atoms with Gasteiger partial charge in [0, 0.05) is 42.1 Å². The third-order valence-corrected chi connectivity index (χ3v) is 10.2. The third-order valence-electron chi connectivity index (χ3n) is 8.13. The van der Waals surface area contributed by atoms with Crippen molar-refractivity contribution in [3.63, 3.8) is 0 Å². The minimum atomic E-state index is -0.989. The number of alkyl carbamates (subject to hydrolysis) is 1. The lowest BCUT2D eigenvalue weighted by molar-refractivity contribution is -0.130. The molecular formula is C33H46N6O5S2. The number of aliphatic hydroxyl groups is 1. The fourth-order valence-corrected chi connectivity index (χ4v) is 7.27. The Labute approximate surface area is 279 Å². The van der Waals surface area contributed by atoms with Crippen molar-refractivity contribution >= 4 is 41.0 Å². The number of amides is 3. The van der Waals surface area contributed by atoms with E-state index in [2.05, 4.69) is 30.9 Å². The molecule has 0 radical (unpaired) electrons. The average Bonchev–Trinajstić information content (AvgIpc) is 3.79. The quantitative estimate of drug-likeness (QED) is 0.0968. The highest BCUT2D eigenvalue weighted by atomic mass is 32.2. The van der Waals surface area contributed by atoms with Crippen molar-refractivity contribution in [1.82, 2.24) is 30.9 Å². The van der Waals surface area contributed by atoms with Crippen LogP contribution >= 0.6 is 23.1 Å². The van der Waals surface area contributed by atoms with E-state index in [1.54, 1.807) is 12.4 Å². The number of aliphatic hydroxyl groups excluding tert-OH is 1. The molecule has 1 aliphatic rings. The predicted octanol–water partition coefficient (Wildman–Crippen LogP) is 4.64. The Hall–Kier alpha value is -3.42. The van der Waals surface area contributed by atoms with Crippen LogP contribution in [0.4, 0.5) is 4.79 Å². The van der Waals surface area contributed by atoms with E-state index in [9.17, 15) is 19.5 Å². The first-order valence-electron chi connectivity index (χ1n) is 16.2. The Kier molecular flexibility index (Phi) is 14.9. The number of ether oxygens (including phenoxy) is 1. The molecule has 1 aliphatic carbocycles. The van der Waals surface area contributed by atoms with E-state index in [-0.39, 0.29) is 19.4 Å². The summed E-state index contributed by atoms with van der Waals surface area (Å²) in [4.78, 5) is 51.8. The van der Waals surface area contributed by atoms with Gasteiger partial charge in [-0.3, -0.25) is 9.59 Å². The van der Waals surface area contributed by atoms with Crippen LogP contribution in [-0.2, 0) is 27.2 Å². The van der Waals surface area contributed by atoms with Gasteiger partial charge in [0.2, 0.25) is 11.8 Å². The summed E-state index contributed by atoms with van der Waals surface area (Å²) in [5, 5.41) is 21.9. The first-order valence-corrected chi connectivity index (χ1v) is 18.0. The molecule has 2 aromatic heterocycles. The normalized spacial score (nSPS) is 16.1. The number of nitrogens with zero attached hydrogens (tertiary/aromatic N) is 2. The van der Waals surface area contributed by atoms with Gasteiger partial charge < -0.3 is 30.8 Å². The van der Waals surface area contributed by atoms with Crippen molar-refractivity contribution in [3.05, 3.63) is 65.7 Å². The number of unbranched alkanes of at least 4 members (excludes halogenated alkanes) is 1. The maximum Gasteiger partial charge on any atom is 0.407 e. The number of thiazole rings is 1. The van der Waals surface area contributed by atoms with Gasteiger partial charge >= 0.3 is 6.09 Å². The molecule has 5 N–H and O–H groups in total. The van der Waals surface area contributed by atoms with Crippen molar-refractivity contribution in [2.45, 2.75) is 99.7 Å². The van der Waals surface area contributed by atoms with E-state index in [0.717, 1.165) is 42.0 Å². The number of hydrogen-bond donors (Lipinski definition) is 5. The number of carbonyl (C=O) groups excluding carboxylic acids is 3. The number of thioether (sulfide) groups is 1. The highest BCUT2D eigenvalue weighted by molar-refractivity contribution is 8.01. The van der Waals surface area contributed by atoms with Crippen molar-refractivity contribution in [2.75, 3.05) is 12.4 Å². The van der Waals surface area contributed by atoms with Crippen molar-refractivity contribution in [1.29, 1.82) is 0 Å². The third kappa shape index (κ3) is 12.1. The lowest BCUT2D eigenvalue weighted by Gasteiger charge is -2.31. The van der Waals surface area contributed by atoms with E-state index in [4.69, 9.17) is 4.74 Å². The second-order valence-electron chi connectivity index (χ2n) is 11.7. The maximum atomic E-state index is 14.0. The molecule has 2 unspecified atom stereocenters. The molecule has 0 bridgehead atoms. The summed E-state index contributed by atoms with van der Waals surface area (Å²) in [6, 6.07) is 6.88. The smallest absolute Gasteiger partial charge is 0.407 e. The highest BCUT2D eigenvalue weighted by Crippen LogP contribution is 2.29. The Morgan fingerprint density at radius 1 is 1.07 bits per heavy atom. The van der Waals surface area contributed by atoms with Gasteiger partial charge in [-0.05, 0) is 24.3 Å². The number of nitrogens with one attached hydrogen (secondary N) is 4. The zero-order valence-electron chi connectivity index (χ0n) is 26.4. The molecule has 1 saturated carbocycles. The second-order valence-corrected chi connectivity index (χ2v) is 13.9. The number of rotatable bonds is 18. The number of carbonyl (C=O) groups is 3. The van der Waals surface area contributed by atoms with Gasteiger partial charge in [-0.15, -0.1) is 11.3 Å². The molecule has 0 saturated heterocycles. The van der Waals surface area contributed by atoms with Gasteiger partial charge in [0.15, 0.2) is 0 Å². The summed E-state index contributed by atoms with van der Waals surface area (Å²) in [5.41, 5.74) is 1.51. The number of benzene rings is 1. The van der Waals surface area contributed by atoms with E-state index in [1.165, 1.54) is 35.8 Å². The summed E-state index contributed by atoms with van der Waals surface area (Å²) in [6.07, 6.45) is 11.6. The predicted molar refractivity (Wildman–Crippen MR) is 180 cm³/mol. The zero-order valence-corrected chi connectivity index (χ0v) is 28.0. The minimum Gasteiger partial charge on any atom is -0.450 e. The van der Waals surface area contributed by atoms with Crippen LogP contribution < -0.4 is 16.0 Å². The molecule has 0 aliphatic heterocycles. The monoisotopic (exact) mass is 670 g/mol. The van der Waals surface area contributed by atoms with Crippen molar-refractivity contribution in [2.24, 2.45) is 5.92 Å². The van der Waals surface area contributed by atoms with Gasteiger partial charge in [-0.25, -0.2) is 14.8 Å². The van der Waals surface area contributed by atoms with E-state index in [1.807, 2.05) is 42.6 Å². The van der Waals surface area contributed by atoms with Crippen LogP contribution in [0.15, 0.2) is 58.8 Å². The van der Waals surface area contributed by atoms with Crippen LogP contribution in [0, 0.1) is 5.92 Å². The topological polar surface area (TPSA) is 158 Å². The summed E-state index contributed by atoms with van der Waals surface area (Å²) in [5.74, 6) is -0.144. The Morgan fingerprint density at radius 2 is 1.83 bits per heavy atom. The molecule has 3 amide bonds. The number of aromatic amines is 1. The molecule has 2 heterocycles. The van der Waals surface area contributed by atoms with Gasteiger partial charge in [-0.2, -0.15) is 0 Å². The number of hydrogen-bond acceptors (Lipinski definition) is 9. The largest absolute Gasteiger partial charge is 0.450 e. The molecule has 13 heteroatoms. The van der Waals surface area contributed by atoms with Crippen molar-refractivity contribution < 1.29 is 24.2 Å². The van der Waals surface area contributed by atoms with Crippen LogP contribution in [0.25, 0.3) is 0 Å². The Morgan fingerprint density at radius 3 is 2.52 bits per heavy atom. The SMILES string of the molecule is CCCCOC(=O)N[C@@H](Cc1ccccc1)C(=O)N[C@@H](Cc1cnc[nH]1)C(=O)NC(CC1CCCCC1)C(O)CSc1nccs1. The standard InChI is InChI=1S/C33H46N6O5S2/c1-2-3-15-44-32(43)39-27(18-24-12-8-5-9-13-24)30(41)38-28(19-25-20-34-22-36-25)31(42)37-26(17-23-10-6-4-7-11-23)29(40)21-46-33-35-14-16-45-33/h5,8-9,12-14,16,20,22-23,26-29,40H,2-4,6-7,10-11,15,17-19,21H2,1H3,(H,34,36)(H,37,42)(H,38,41)(H,39,43)/t26?,27-,28-,29?/m0/s1. The Bertz CT molecular complexity index is 1310. The molecule has 250 valence electrons. The Balaban J connectivity index is 1.49. The first kappa shape index (κ1) is 35.4.